The second-order valence-corrected chi connectivity index (χ2v) is 8.93. The van der Waals surface area contributed by atoms with Crippen molar-refractivity contribution in [1.82, 2.24) is 0 Å². The normalized spacial score (nSPS) is 11.2. The molecule has 26 heavy (non-hydrogen) atoms. The molecule has 1 amide bonds. The fraction of sp³-hybridized carbons (Fsp3) is 0.294. The van der Waals surface area contributed by atoms with Crippen LogP contribution in [0, 0.1) is 0 Å². The van der Waals surface area contributed by atoms with E-state index < -0.39 is 21.7 Å². The number of esters is 1. The van der Waals surface area contributed by atoms with Gasteiger partial charge in [-0.15, -0.1) is 11.3 Å². The monoisotopic (exact) mass is 415 g/mol. The smallest absolute Gasteiger partial charge is 0.341 e. The number of carbonyl (C=O) groups is 2. The highest BCUT2D eigenvalue weighted by Gasteiger charge is 2.21. The number of halogens is 1. The topological polar surface area (TPSA) is 89.5 Å². The quantitative estimate of drug-likeness (QED) is 0.725. The first-order chi connectivity index (χ1) is 12.2. The number of rotatable bonds is 6. The molecule has 9 heteroatoms. The van der Waals surface area contributed by atoms with Crippen molar-refractivity contribution in [3.63, 3.8) is 0 Å². The Morgan fingerprint density at radius 3 is 2.50 bits per heavy atom. The molecule has 0 spiro atoms. The van der Waals surface area contributed by atoms with Gasteiger partial charge in [0.15, 0.2) is 9.84 Å². The average Bonchev–Trinajstić information content (AvgIpc) is 2.97. The van der Waals surface area contributed by atoms with Gasteiger partial charge >= 0.3 is 5.97 Å². The third-order valence-corrected chi connectivity index (χ3v) is 6.22. The Bertz CT molecular complexity index is 950. The van der Waals surface area contributed by atoms with Crippen molar-refractivity contribution in [2.24, 2.45) is 0 Å². The average molecular weight is 416 g/mol. The number of thiophene rings is 1. The second-order valence-electron chi connectivity index (χ2n) is 5.40. The Kier molecular flexibility index (Phi) is 6.44. The minimum absolute atomic E-state index is 0.0423. The van der Waals surface area contributed by atoms with Crippen molar-refractivity contribution in [2.45, 2.75) is 25.2 Å². The van der Waals surface area contributed by atoms with Crippen LogP contribution in [0.1, 0.15) is 39.4 Å². The number of benzene rings is 1. The SMILES string of the molecule is CCOC(=O)c1cc(CC)sc1NC(=O)c1ccc(Cl)c(S(C)(=O)=O)c1. The van der Waals surface area contributed by atoms with Crippen LogP contribution >= 0.6 is 22.9 Å². The number of sulfone groups is 1. The number of aryl methyl sites for hydroxylation is 1. The molecule has 0 radical (unpaired) electrons. The molecule has 1 aromatic carbocycles. The summed E-state index contributed by atoms with van der Waals surface area (Å²) in [6, 6.07) is 5.67. The van der Waals surface area contributed by atoms with E-state index in [4.69, 9.17) is 16.3 Å². The molecular formula is C17H18ClNO5S2. The van der Waals surface area contributed by atoms with Gasteiger partial charge in [0.1, 0.15) is 5.00 Å². The maximum absolute atomic E-state index is 12.5. The number of ether oxygens (including phenoxy) is 1. The zero-order valence-corrected chi connectivity index (χ0v) is 16.8. The molecule has 1 N–H and O–H groups in total. The first-order valence-corrected chi connectivity index (χ1v) is 10.9. The third kappa shape index (κ3) is 4.63. The van der Waals surface area contributed by atoms with E-state index >= 15 is 0 Å². The molecule has 1 heterocycles. The second kappa shape index (κ2) is 8.20. The highest BCUT2D eigenvalue weighted by Crippen LogP contribution is 2.30. The van der Waals surface area contributed by atoms with E-state index in [1.807, 2.05) is 6.92 Å². The Morgan fingerprint density at radius 2 is 1.92 bits per heavy atom. The predicted molar refractivity (Wildman–Crippen MR) is 102 cm³/mol. The lowest BCUT2D eigenvalue weighted by molar-refractivity contribution is 0.0528. The molecule has 0 unspecified atom stereocenters. The summed E-state index contributed by atoms with van der Waals surface area (Å²) in [7, 11) is -3.57. The third-order valence-electron chi connectivity index (χ3n) is 3.45. The van der Waals surface area contributed by atoms with Crippen LogP contribution in [0.5, 0.6) is 0 Å². The summed E-state index contributed by atoms with van der Waals surface area (Å²) in [6.45, 7) is 3.85. The number of amides is 1. The fourth-order valence-corrected chi connectivity index (χ4v) is 4.45. The summed E-state index contributed by atoms with van der Waals surface area (Å²) in [5.41, 5.74) is 0.399. The summed E-state index contributed by atoms with van der Waals surface area (Å²) in [6.07, 6.45) is 1.72. The van der Waals surface area contributed by atoms with Crippen LogP contribution in [-0.2, 0) is 21.0 Å². The Morgan fingerprint density at radius 1 is 1.23 bits per heavy atom. The van der Waals surface area contributed by atoms with Crippen molar-refractivity contribution in [3.05, 3.63) is 45.3 Å². The Labute approximate surface area is 161 Å². The van der Waals surface area contributed by atoms with Crippen LogP contribution < -0.4 is 5.32 Å². The molecule has 6 nitrogen and oxygen atoms in total. The molecule has 0 bridgehead atoms. The van der Waals surface area contributed by atoms with Gasteiger partial charge in [0.2, 0.25) is 0 Å². The van der Waals surface area contributed by atoms with Crippen LogP contribution in [0.25, 0.3) is 0 Å². The maximum atomic E-state index is 12.5. The first-order valence-electron chi connectivity index (χ1n) is 7.78. The van der Waals surface area contributed by atoms with Gasteiger partial charge in [-0.05, 0) is 37.6 Å². The van der Waals surface area contributed by atoms with Gasteiger partial charge in [-0.2, -0.15) is 0 Å². The number of hydrogen-bond acceptors (Lipinski definition) is 6. The van der Waals surface area contributed by atoms with E-state index in [2.05, 4.69) is 5.32 Å². The van der Waals surface area contributed by atoms with E-state index in [1.54, 1.807) is 13.0 Å². The van der Waals surface area contributed by atoms with Gasteiger partial charge in [-0.3, -0.25) is 4.79 Å². The van der Waals surface area contributed by atoms with Crippen LogP contribution in [0.15, 0.2) is 29.2 Å². The van der Waals surface area contributed by atoms with E-state index in [-0.39, 0.29) is 27.7 Å². The van der Waals surface area contributed by atoms with Crippen LogP contribution in [0.4, 0.5) is 5.00 Å². The van der Waals surface area contributed by atoms with Crippen molar-refractivity contribution < 1.29 is 22.7 Å². The summed E-state index contributed by atoms with van der Waals surface area (Å²) >= 11 is 7.17. The van der Waals surface area contributed by atoms with Crippen molar-refractivity contribution >= 4 is 49.7 Å². The fourth-order valence-electron chi connectivity index (χ4n) is 2.17. The van der Waals surface area contributed by atoms with E-state index in [1.165, 1.54) is 29.5 Å². The van der Waals surface area contributed by atoms with Gasteiger partial charge in [-0.25, -0.2) is 13.2 Å². The molecule has 0 aliphatic carbocycles. The lowest BCUT2D eigenvalue weighted by Gasteiger charge is -2.08. The van der Waals surface area contributed by atoms with Crippen LogP contribution in [0.2, 0.25) is 5.02 Å². The molecule has 0 fully saturated rings. The van der Waals surface area contributed by atoms with Gasteiger partial charge in [0.05, 0.1) is 22.1 Å². The highest BCUT2D eigenvalue weighted by molar-refractivity contribution is 7.90. The number of nitrogens with one attached hydrogen (secondary N) is 1. The number of hydrogen-bond donors (Lipinski definition) is 1. The molecule has 2 rings (SSSR count). The summed E-state index contributed by atoms with van der Waals surface area (Å²) < 4.78 is 28.6. The van der Waals surface area contributed by atoms with Crippen LogP contribution in [0.3, 0.4) is 0 Å². The molecule has 0 aliphatic rings. The van der Waals surface area contributed by atoms with Gasteiger partial charge < -0.3 is 10.1 Å². The molecule has 0 saturated heterocycles. The lowest BCUT2D eigenvalue weighted by atomic mass is 10.2. The molecule has 0 atom stereocenters. The molecule has 0 saturated carbocycles. The van der Waals surface area contributed by atoms with Gasteiger partial charge in [0.25, 0.3) is 5.91 Å². The predicted octanol–water partition coefficient (Wildman–Crippen LogP) is 3.80. The first kappa shape index (κ1) is 20.4. The molecule has 140 valence electrons. The Balaban J connectivity index is 2.36. The number of anilines is 1. The largest absolute Gasteiger partial charge is 0.462 e. The minimum Gasteiger partial charge on any atom is -0.462 e. The van der Waals surface area contributed by atoms with E-state index in [0.29, 0.717) is 11.4 Å². The molecule has 1 aromatic heterocycles. The highest BCUT2D eigenvalue weighted by atomic mass is 35.5. The standard InChI is InChI=1S/C17H18ClNO5S2/c1-4-11-9-12(17(21)24-5-2)16(25-11)19-15(20)10-6-7-13(18)14(8-10)26(3,22)23/h6-9H,4-5H2,1-3H3,(H,19,20). The summed E-state index contributed by atoms with van der Waals surface area (Å²) in [4.78, 5) is 25.4. The zero-order chi connectivity index (χ0) is 19.5. The Hall–Kier alpha value is -1.90. The maximum Gasteiger partial charge on any atom is 0.341 e. The van der Waals surface area contributed by atoms with Crippen molar-refractivity contribution in [2.75, 3.05) is 18.2 Å². The van der Waals surface area contributed by atoms with Crippen molar-refractivity contribution in [3.8, 4) is 0 Å². The molecule has 0 aliphatic heterocycles. The minimum atomic E-state index is -3.57. The summed E-state index contributed by atoms with van der Waals surface area (Å²) in [5, 5.41) is 3.06. The lowest BCUT2D eigenvalue weighted by Crippen LogP contribution is -2.15. The van der Waals surface area contributed by atoms with Gasteiger partial charge in [0, 0.05) is 16.7 Å². The zero-order valence-electron chi connectivity index (χ0n) is 14.5. The van der Waals surface area contributed by atoms with E-state index in [0.717, 1.165) is 11.1 Å². The number of carbonyl (C=O) groups excluding carboxylic acids is 2. The van der Waals surface area contributed by atoms with Crippen LogP contribution in [-0.4, -0.2) is 33.2 Å². The van der Waals surface area contributed by atoms with Crippen molar-refractivity contribution in [1.29, 1.82) is 0 Å². The molecular weight excluding hydrogens is 398 g/mol. The van der Waals surface area contributed by atoms with Gasteiger partial charge in [-0.1, -0.05) is 18.5 Å². The molecule has 2 aromatic rings. The summed E-state index contributed by atoms with van der Waals surface area (Å²) in [5.74, 6) is -1.06. The van der Waals surface area contributed by atoms with E-state index in [9.17, 15) is 18.0 Å².